The molecule has 0 unspecified atom stereocenters. The van der Waals surface area contributed by atoms with Gasteiger partial charge in [0.2, 0.25) is 0 Å². The van der Waals surface area contributed by atoms with Crippen LogP contribution >= 0.6 is 22.7 Å². The van der Waals surface area contributed by atoms with Crippen LogP contribution in [0.4, 0.5) is 0 Å². The van der Waals surface area contributed by atoms with Crippen LogP contribution in [-0.4, -0.2) is 48.1 Å². The predicted molar refractivity (Wildman–Crippen MR) is 151 cm³/mol. The Morgan fingerprint density at radius 3 is 1.27 bits per heavy atom. The van der Waals surface area contributed by atoms with Gasteiger partial charge in [0.1, 0.15) is 32.1 Å². The first-order valence-electron chi connectivity index (χ1n) is 12.1. The summed E-state index contributed by atoms with van der Waals surface area (Å²) in [6.45, 7) is 0. The van der Waals surface area contributed by atoms with Crippen molar-refractivity contribution in [3.8, 4) is 0 Å². The molecule has 0 spiro atoms. The van der Waals surface area contributed by atoms with Crippen LogP contribution in [0.5, 0.6) is 0 Å². The lowest BCUT2D eigenvalue weighted by atomic mass is 10.1. The van der Waals surface area contributed by atoms with E-state index >= 15 is 0 Å². The second kappa shape index (κ2) is 8.01. The summed E-state index contributed by atoms with van der Waals surface area (Å²) in [5.74, 6) is -1.30. The number of Topliss-reactive ketones (excluding diaryl/α,β-unsaturated/α-hetero) is 4. The molecule has 3 heterocycles. The number of carbonyl (C=O) groups is 4. The Balaban J connectivity index is 1.31. The number of carbonyl (C=O) groups excluding carboxylic acids is 4. The van der Waals surface area contributed by atoms with Gasteiger partial charge in [-0.15, -0.1) is 22.7 Å². The summed E-state index contributed by atoms with van der Waals surface area (Å²) in [5.41, 5.74) is 3.89. The summed E-state index contributed by atoms with van der Waals surface area (Å²) in [6, 6.07) is 13.5. The number of thiazole rings is 2. The lowest BCUT2D eigenvalue weighted by Gasteiger charge is -1.91. The zero-order chi connectivity index (χ0) is 27.3. The molecular formula is C29H13N5O4S2. The fourth-order valence-corrected chi connectivity index (χ4v) is 7.36. The minimum absolute atomic E-state index is 0.0689. The number of hydrogen-bond donors (Lipinski definition) is 0. The lowest BCUT2D eigenvalue weighted by Crippen LogP contribution is -2.00. The van der Waals surface area contributed by atoms with Crippen LogP contribution in [0.25, 0.3) is 43.6 Å². The number of rotatable bonds is 2. The molecule has 3 aromatic heterocycles. The molecule has 0 saturated carbocycles. The van der Waals surface area contributed by atoms with Gasteiger partial charge in [-0.3, -0.25) is 19.2 Å². The first-order chi connectivity index (χ1) is 19.4. The van der Waals surface area contributed by atoms with Crippen molar-refractivity contribution in [2.75, 3.05) is 0 Å². The lowest BCUT2D eigenvalue weighted by molar-refractivity contribution is 0.0975. The van der Waals surface area contributed by atoms with E-state index in [0.717, 1.165) is 9.40 Å². The molecule has 0 bridgehead atoms. The summed E-state index contributed by atoms with van der Waals surface area (Å²) in [7, 11) is 1.70. The Labute approximate surface area is 232 Å². The molecule has 0 radical (unpaired) electrons. The molecule has 0 amide bonds. The molecule has 40 heavy (non-hydrogen) atoms. The maximum Gasteiger partial charge on any atom is 0.197 e. The predicted octanol–water partition coefficient (Wildman–Crippen LogP) is 5.11. The first-order valence-corrected chi connectivity index (χ1v) is 13.8. The molecule has 0 aliphatic heterocycles. The molecule has 9 nitrogen and oxygen atoms in total. The second-order valence-corrected chi connectivity index (χ2v) is 11.4. The van der Waals surface area contributed by atoms with Crippen molar-refractivity contribution in [1.29, 1.82) is 0 Å². The van der Waals surface area contributed by atoms with E-state index in [1.54, 1.807) is 55.6 Å². The van der Waals surface area contributed by atoms with E-state index in [1.807, 2.05) is 0 Å². The smallest absolute Gasteiger partial charge is 0.197 e. The largest absolute Gasteiger partial charge is 0.288 e. The van der Waals surface area contributed by atoms with Crippen LogP contribution in [0, 0.1) is 0 Å². The Kier molecular flexibility index (Phi) is 4.59. The zero-order valence-electron chi connectivity index (χ0n) is 20.5. The van der Waals surface area contributed by atoms with Crippen molar-refractivity contribution < 1.29 is 19.2 Å². The minimum atomic E-state index is -0.326. The fourth-order valence-electron chi connectivity index (χ4n) is 5.21. The molecule has 2 aliphatic rings. The highest BCUT2D eigenvalue weighted by Crippen LogP contribution is 2.41. The molecule has 8 rings (SSSR count). The van der Waals surface area contributed by atoms with Crippen LogP contribution in [0.1, 0.15) is 51.4 Å². The number of hydrogen-bond acceptors (Lipinski definition) is 10. The highest BCUT2D eigenvalue weighted by molar-refractivity contribution is 7.27. The summed E-state index contributed by atoms with van der Waals surface area (Å²) < 4.78 is 1.53. The number of aromatic nitrogens is 5. The number of ketones is 4. The Hall–Kier alpha value is -5.00. The number of nitrogens with zero attached hydrogens (tertiary/aromatic N) is 5. The van der Waals surface area contributed by atoms with Crippen molar-refractivity contribution >= 4 is 89.4 Å². The van der Waals surface area contributed by atoms with Gasteiger partial charge in [-0.1, -0.05) is 48.5 Å². The Morgan fingerprint density at radius 1 is 0.575 bits per heavy atom. The molecule has 0 fully saturated rings. The minimum Gasteiger partial charge on any atom is -0.288 e. The van der Waals surface area contributed by atoms with E-state index in [1.165, 1.54) is 39.6 Å². The van der Waals surface area contributed by atoms with E-state index in [9.17, 15) is 19.2 Å². The fraction of sp³-hybridized carbons (Fsp3) is 0.0345. The van der Waals surface area contributed by atoms with Crippen LogP contribution in [0.3, 0.4) is 0 Å². The van der Waals surface area contributed by atoms with Gasteiger partial charge in [-0.05, 0) is 12.2 Å². The molecule has 0 N–H and O–H groups in total. The third kappa shape index (κ3) is 3.07. The summed E-state index contributed by atoms with van der Waals surface area (Å²) in [5, 5.41) is 9.95. The van der Waals surface area contributed by atoms with E-state index < -0.39 is 0 Å². The molecular weight excluding hydrogens is 546 g/mol. The molecule has 0 atom stereocenters. The standard InChI is InChI=1S/C29H13N5O4S2/c1-34-32-20-21(33-34)23-29(40-19(31-23)11-17-26(37)14-8-4-5-9-15(14)27(17)38)28-22(20)30-18(39-28)10-16-24(35)12-6-2-3-7-13(12)25(16)36/h2-11H,1H3. The van der Waals surface area contributed by atoms with Crippen molar-refractivity contribution in [2.24, 2.45) is 7.05 Å². The normalized spacial score (nSPS) is 14.7. The monoisotopic (exact) mass is 559 g/mol. The number of fused-ring (bicyclic) bond motifs is 8. The van der Waals surface area contributed by atoms with Crippen LogP contribution < -0.4 is 0 Å². The highest BCUT2D eigenvalue weighted by Gasteiger charge is 2.34. The summed E-state index contributed by atoms with van der Waals surface area (Å²) >= 11 is 2.63. The van der Waals surface area contributed by atoms with Gasteiger partial charge in [0, 0.05) is 29.3 Å². The third-order valence-electron chi connectivity index (χ3n) is 7.00. The van der Waals surface area contributed by atoms with E-state index in [0.29, 0.717) is 54.3 Å². The quantitative estimate of drug-likeness (QED) is 0.212. The van der Waals surface area contributed by atoms with Crippen molar-refractivity contribution in [3.05, 3.63) is 91.9 Å². The average molecular weight is 560 g/mol. The molecule has 11 heteroatoms. The van der Waals surface area contributed by atoms with Crippen molar-refractivity contribution in [1.82, 2.24) is 25.0 Å². The van der Waals surface area contributed by atoms with E-state index in [-0.39, 0.29) is 34.3 Å². The first kappa shape index (κ1) is 22.9. The van der Waals surface area contributed by atoms with E-state index in [2.05, 4.69) is 10.2 Å². The number of benzene rings is 3. The van der Waals surface area contributed by atoms with Crippen LogP contribution in [0.2, 0.25) is 0 Å². The maximum absolute atomic E-state index is 13.0. The van der Waals surface area contributed by atoms with Gasteiger partial charge in [0.05, 0.1) is 20.5 Å². The number of aryl methyl sites for hydroxylation is 1. The topological polar surface area (TPSA) is 125 Å². The summed E-state index contributed by atoms with van der Waals surface area (Å²) in [4.78, 5) is 62.7. The third-order valence-corrected chi connectivity index (χ3v) is 9.17. The van der Waals surface area contributed by atoms with Gasteiger partial charge in [-0.2, -0.15) is 15.0 Å². The summed E-state index contributed by atoms with van der Waals surface area (Å²) in [6.07, 6.45) is 3.06. The van der Waals surface area contributed by atoms with Crippen LogP contribution in [0.15, 0.2) is 59.7 Å². The van der Waals surface area contributed by atoms with Gasteiger partial charge >= 0.3 is 0 Å². The van der Waals surface area contributed by atoms with Gasteiger partial charge in [0.15, 0.2) is 23.1 Å². The number of allylic oxidation sites excluding steroid dienone is 2. The maximum atomic E-state index is 13.0. The molecule has 6 aromatic rings. The molecule has 190 valence electrons. The van der Waals surface area contributed by atoms with Gasteiger partial charge in [0.25, 0.3) is 0 Å². The Bertz CT molecular complexity index is 2040. The highest BCUT2D eigenvalue weighted by atomic mass is 32.1. The SMILES string of the molecule is Cn1nc2c(n1)c1nc(C=C3C(=O)c4ccccc4C3=O)sc1c1sc(C=C3C(=O)c4ccccc4C3=O)nc21. The average Bonchev–Trinajstić information content (AvgIpc) is 3.75. The zero-order valence-corrected chi connectivity index (χ0v) is 22.1. The van der Waals surface area contributed by atoms with Gasteiger partial charge < -0.3 is 0 Å². The van der Waals surface area contributed by atoms with Crippen molar-refractivity contribution in [3.63, 3.8) is 0 Å². The molecule has 0 saturated heterocycles. The Morgan fingerprint density at radius 2 is 0.925 bits per heavy atom. The molecule has 2 aliphatic carbocycles. The van der Waals surface area contributed by atoms with Crippen LogP contribution in [-0.2, 0) is 7.05 Å². The van der Waals surface area contributed by atoms with Gasteiger partial charge in [-0.25, -0.2) is 9.97 Å². The second-order valence-electron chi connectivity index (χ2n) is 9.37. The molecule has 3 aromatic carbocycles. The van der Waals surface area contributed by atoms with Crippen molar-refractivity contribution in [2.45, 2.75) is 0 Å². The van der Waals surface area contributed by atoms with E-state index in [4.69, 9.17) is 9.97 Å².